The number of rotatable bonds is 6. The van der Waals surface area contributed by atoms with Gasteiger partial charge in [0.05, 0.1) is 12.5 Å². The summed E-state index contributed by atoms with van der Waals surface area (Å²) in [4.78, 5) is 40.1. The highest BCUT2D eigenvalue weighted by Gasteiger charge is 1.85. The molecule has 0 unspecified atom stereocenters. The maximum Gasteiger partial charge on any atom is 0.307 e. The second-order valence-electron chi connectivity index (χ2n) is 3.24. The van der Waals surface area contributed by atoms with Gasteiger partial charge in [0.15, 0.2) is 0 Å². The molecule has 0 aromatic heterocycles. The van der Waals surface area contributed by atoms with Crippen LogP contribution >= 0.6 is 0 Å². The summed E-state index contributed by atoms with van der Waals surface area (Å²) in [6, 6.07) is 0. The zero-order chi connectivity index (χ0) is 16.5. The molecule has 0 amide bonds. The summed E-state index contributed by atoms with van der Waals surface area (Å²) >= 11 is 0. The molecular weight excluding hydrogens is 280 g/mol. The number of carbonyl (C=O) groups is 4. The highest BCUT2D eigenvalue weighted by Crippen LogP contribution is 1.83. The van der Waals surface area contributed by atoms with Crippen molar-refractivity contribution in [2.75, 3.05) is 6.61 Å². The molecule has 0 aliphatic rings. The van der Waals surface area contributed by atoms with Gasteiger partial charge in [-0.15, -0.1) is 0 Å². The van der Waals surface area contributed by atoms with Gasteiger partial charge in [-0.3, -0.25) is 19.2 Å². The van der Waals surface area contributed by atoms with Gasteiger partial charge in [0, 0.05) is 20.8 Å². The van der Waals surface area contributed by atoms with E-state index in [1.807, 2.05) is 0 Å². The van der Waals surface area contributed by atoms with E-state index in [0.29, 0.717) is 6.29 Å². The van der Waals surface area contributed by atoms with Gasteiger partial charge in [0.2, 0.25) is 0 Å². The lowest BCUT2D eigenvalue weighted by Crippen LogP contribution is -1.97. The van der Waals surface area contributed by atoms with Crippen molar-refractivity contribution in [2.45, 2.75) is 20.8 Å². The van der Waals surface area contributed by atoms with E-state index >= 15 is 0 Å². The molecule has 0 fully saturated rings. The molecule has 0 saturated heterocycles. The molecular formula is C14H18O7. The average molecular weight is 298 g/mol. The minimum Gasteiger partial charge on any atom is -0.462 e. The summed E-state index contributed by atoms with van der Waals surface area (Å²) in [6.07, 6.45) is 8.64. The lowest BCUT2D eigenvalue weighted by Gasteiger charge is -1.91. The third-order valence-electron chi connectivity index (χ3n) is 1.33. The van der Waals surface area contributed by atoms with Crippen molar-refractivity contribution in [3.05, 3.63) is 36.8 Å². The third kappa shape index (κ3) is 26.8. The van der Waals surface area contributed by atoms with Crippen LogP contribution in [0.3, 0.4) is 0 Å². The molecule has 0 N–H and O–H groups in total. The molecule has 0 heterocycles. The third-order valence-corrected chi connectivity index (χ3v) is 1.33. The van der Waals surface area contributed by atoms with E-state index in [0.717, 1.165) is 0 Å². The first-order valence-corrected chi connectivity index (χ1v) is 5.80. The second kappa shape index (κ2) is 15.4. The Hall–Kier alpha value is -2.70. The van der Waals surface area contributed by atoms with Gasteiger partial charge in [0.25, 0.3) is 0 Å². The molecule has 0 aromatic rings. The van der Waals surface area contributed by atoms with E-state index in [-0.39, 0.29) is 12.6 Å². The van der Waals surface area contributed by atoms with Gasteiger partial charge >= 0.3 is 17.9 Å². The van der Waals surface area contributed by atoms with E-state index in [9.17, 15) is 19.2 Å². The zero-order valence-electron chi connectivity index (χ0n) is 12.1. The van der Waals surface area contributed by atoms with Gasteiger partial charge in [0.1, 0.15) is 12.9 Å². The van der Waals surface area contributed by atoms with Crippen LogP contribution in [0.25, 0.3) is 0 Å². The van der Waals surface area contributed by atoms with Gasteiger partial charge in [-0.2, -0.15) is 0 Å². The van der Waals surface area contributed by atoms with Gasteiger partial charge in [-0.05, 0) is 24.3 Å². The van der Waals surface area contributed by atoms with Crippen molar-refractivity contribution in [2.24, 2.45) is 0 Å². The van der Waals surface area contributed by atoms with Crippen LogP contribution in [0.5, 0.6) is 0 Å². The number of aldehydes is 1. The molecule has 0 aromatic carbocycles. The number of carbonyl (C=O) groups excluding carboxylic acids is 4. The predicted octanol–water partition coefficient (Wildman–Crippen LogP) is 1.44. The Labute approximate surface area is 122 Å². The maximum atomic E-state index is 10.2. The van der Waals surface area contributed by atoms with Crippen LogP contribution in [-0.2, 0) is 33.4 Å². The Kier molecular flexibility index (Phi) is 15.1. The molecule has 21 heavy (non-hydrogen) atoms. The molecule has 7 nitrogen and oxygen atoms in total. The van der Waals surface area contributed by atoms with Crippen LogP contribution in [-0.4, -0.2) is 30.8 Å². The molecule has 0 saturated carbocycles. The van der Waals surface area contributed by atoms with Crippen molar-refractivity contribution in [1.29, 1.82) is 0 Å². The van der Waals surface area contributed by atoms with Crippen molar-refractivity contribution in [3.8, 4) is 0 Å². The first kappa shape index (κ1) is 20.6. The smallest absolute Gasteiger partial charge is 0.307 e. The number of hydrogen-bond donors (Lipinski definition) is 0. The normalized spacial score (nSPS) is 10.0. The first-order chi connectivity index (χ1) is 9.90. The molecule has 0 aliphatic heterocycles. The molecule has 0 atom stereocenters. The minimum atomic E-state index is -0.396. The standard InChI is InChI=1S/C8H10O4.C6H8O3/c1-7(9)11-5-3-4-6-12-8(2)10;1-6(8)9-5-3-2-4-7/h3-6H,1-2H3;2-4H,5H2,1H3. The van der Waals surface area contributed by atoms with E-state index < -0.39 is 11.9 Å². The highest BCUT2D eigenvalue weighted by molar-refractivity contribution is 5.67. The lowest BCUT2D eigenvalue weighted by atomic mass is 10.5. The first-order valence-electron chi connectivity index (χ1n) is 5.80. The minimum absolute atomic E-state index is 0.175. The number of ether oxygens (including phenoxy) is 3. The van der Waals surface area contributed by atoms with Crippen molar-refractivity contribution in [1.82, 2.24) is 0 Å². The van der Waals surface area contributed by atoms with E-state index in [4.69, 9.17) is 0 Å². The summed E-state index contributed by atoms with van der Waals surface area (Å²) < 4.78 is 13.3. The van der Waals surface area contributed by atoms with E-state index in [1.54, 1.807) is 0 Å². The monoisotopic (exact) mass is 298 g/mol. The van der Waals surface area contributed by atoms with E-state index in [1.165, 1.54) is 57.6 Å². The number of esters is 3. The van der Waals surface area contributed by atoms with Gasteiger partial charge < -0.3 is 14.2 Å². The molecule has 116 valence electrons. The average Bonchev–Trinajstić information content (AvgIpc) is 2.39. The summed E-state index contributed by atoms with van der Waals surface area (Å²) in [5.74, 6) is -1.13. The van der Waals surface area contributed by atoms with Crippen molar-refractivity contribution < 1.29 is 33.4 Å². The van der Waals surface area contributed by atoms with Crippen LogP contribution in [0.15, 0.2) is 36.8 Å². The lowest BCUT2D eigenvalue weighted by molar-refractivity contribution is -0.140. The second-order valence-corrected chi connectivity index (χ2v) is 3.24. The molecule has 7 heteroatoms. The van der Waals surface area contributed by atoms with Crippen LogP contribution in [0, 0.1) is 0 Å². The van der Waals surface area contributed by atoms with Crippen molar-refractivity contribution in [3.63, 3.8) is 0 Å². The topological polar surface area (TPSA) is 96.0 Å². The summed E-state index contributed by atoms with van der Waals surface area (Å²) in [5.41, 5.74) is 0. The molecule has 0 rings (SSSR count). The van der Waals surface area contributed by atoms with Crippen LogP contribution in [0.1, 0.15) is 20.8 Å². The van der Waals surface area contributed by atoms with Gasteiger partial charge in [-0.1, -0.05) is 0 Å². The molecule has 0 spiro atoms. The number of hydrogen-bond acceptors (Lipinski definition) is 7. The van der Waals surface area contributed by atoms with Crippen LogP contribution in [0.4, 0.5) is 0 Å². The molecule has 0 aliphatic carbocycles. The Balaban J connectivity index is 0. The van der Waals surface area contributed by atoms with Crippen LogP contribution < -0.4 is 0 Å². The Morgan fingerprint density at radius 2 is 1.29 bits per heavy atom. The van der Waals surface area contributed by atoms with Gasteiger partial charge in [-0.25, -0.2) is 0 Å². The Morgan fingerprint density at radius 3 is 1.62 bits per heavy atom. The summed E-state index contributed by atoms with van der Waals surface area (Å²) in [6.45, 7) is 4.07. The van der Waals surface area contributed by atoms with E-state index in [2.05, 4.69) is 14.2 Å². The molecule has 0 radical (unpaired) electrons. The largest absolute Gasteiger partial charge is 0.462 e. The summed E-state index contributed by atoms with van der Waals surface area (Å²) in [7, 11) is 0. The predicted molar refractivity (Wildman–Crippen MR) is 73.6 cm³/mol. The summed E-state index contributed by atoms with van der Waals surface area (Å²) in [5, 5.41) is 0. The fraction of sp³-hybridized carbons (Fsp3) is 0.286. The SMILES string of the molecule is CC(=O)OC=CC=COC(C)=O.CC(=O)OCC=CC=O. The molecule has 0 bridgehead atoms. The Bertz CT molecular complexity index is 395. The Morgan fingerprint density at radius 1 is 0.810 bits per heavy atom. The van der Waals surface area contributed by atoms with Crippen LogP contribution in [0.2, 0.25) is 0 Å². The zero-order valence-corrected chi connectivity index (χ0v) is 12.1. The quantitative estimate of drug-likeness (QED) is 0.183. The fourth-order valence-corrected chi connectivity index (χ4v) is 0.638. The fourth-order valence-electron chi connectivity index (χ4n) is 0.638. The number of allylic oxidation sites excluding steroid dienone is 3. The maximum absolute atomic E-state index is 10.2. The van der Waals surface area contributed by atoms with Crippen molar-refractivity contribution >= 4 is 24.2 Å². The highest BCUT2D eigenvalue weighted by atomic mass is 16.5.